The molecular weight excluding hydrogens is 358 g/mol. The van der Waals surface area contributed by atoms with E-state index >= 15 is 0 Å². The van der Waals surface area contributed by atoms with Crippen LogP contribution in [-0.2, 0) is 0 Å². The van der Waals surface area contributed by atoms with E-state index in [0.29, 0.717) is 43.0 Å². The number of carbonyl (C=O) groups is 2. The number of nitrogens with two attached hydrogens (primary N) is 1. The average Bonchev–Trinajstić information content (AvgIpc) is 3.40. The van der Waals surface area contributed by atoms with Crippen LogP contribution < -0.4 is 11.2 Å². The van der Waals surface area contributed by atoms with Crippen molar-refractivity contribution in [3.05, 3.63) is 29.3 Å². The van der Waals surface area contributed by atoms with Crippen molar-refractivity contribution in [1.82, 2.24) is 9.80 Å². The number of carbonyl (C=O) groups excluding carboxylic acids is 2. The Balaban J connectivity index is 1.93. The van der Waals surface area contributed by atoms with Gasteiger partial charge in [0.15, 0.2) is 5.84 Å². The maximum Gasteiger partial charge on any atom is 0.253 e. The van der Waals surface area contributed by atoms with Gasteiger partial charge in [0.2, 0.25) is 5.71 Å². The minimum Gasteiger partial charge on any atom is -0.382 e. The fraction of sp³-hybridized carbons (Fsp3) is 0.421. The maximum absolute atomic E-state index is 12.8. The molecule has 0 aromatic heterocycles. The molecule has 2 aliphatic heterocycles. The summed E-state index contributed by atoms with van der Waals surface area (Å²) in [5.41, 5.74) is 8.86. The van der Waals surface area contributed by atoms with Gasteiger partial charge in [0, 0.05) is 37.3 Å². The first-order valence-electron chi connectivity index (χ1n) is 9.31. The lowest BCUT2D eigenvalue weighted by atomic mass is 10.1. The Bertz CT molecular complexity index is 813. The van der Waals surface area contributed by atoms with Crippen LogP contribution in [0.2, 0.25) is 0 Å². The van der Waals surface area contributed by atoms with Crippen molar-refractivity contribution in [2.75, 3.05) is 31.6 Å². The standard InChI is InChI=1S/C19H23N7O2/c20-12-16(17(21)22)24-23-15-10-13(18(27)25-5-1-2-6-25)9-14(11-15)19(28)26-7-3-4-8-26/h9-11,23H,1-8H2,(H3,21,22)/b24-16+. The van der Waals surface area contributed by atoms with Crippen molar-refractivity contribution in [2.24, 2.45) is 10.8 Å². The summed E-state index contributed by atoms with van der Waals surface area (Å²) in [5.74, 6) is -0.729. The van der Waals surface area contributed by atoms with Crippen LogP contribution in [0.5, 0.6) is 0 Å². The molecule has 28 heavy (non-hydrogen) atoms. The van der Waals surface area contributed by atoms with E-state index in [1.54, 1.807) is 34.1 Å². The number of nitrogens with zero attached hydrogens (tertiary/aromatic N) is 4. The third-order valence-corrected chi connectivity index (χ3v) is 4.87. The fourth-order valence-corrected chi connectivity index (χ4v) is 3.41. The highest BCUT2D eigenvalue weighted by atomic mass is 16.2. The summed E-state index contributed by atoms with van der Waals surface area (Å²) in [6, 6.07) is 6.54. The SMILES string of the molecule is N#C/C(=N\Nc1cc(C(=O)N2CCCC2)cc(C(=O)N2CCCC2)c1)C(=N)N. The van der Waals surface area contributed by atoms with Crippen LogP contribution in [-0.4, -0.2) is 59.3 Å². The Morgan fingerprint density at radius 1 is 1.00 bits per heavy atom. The molecule has 0 saturated carbocycles. The predicted octanol–water partition coefficient (Wildman–Crippen LogP) is 1.39. The minimum atomic E-state index is -0.465. The van der Waals surface area contributed by atoms with Gasteiger partial charge in [-0.15, -0.1) is 0 Å². The summed E-state index contributed by atoms with van der Waals surface area (Å²) in [6.07, 6.45) is 3.88. The van der Waals surface area contributed by atoms with E-state index < -0.39 is 5.84 Å². The second kappa shape index (κ2) is 8.52. The molecule has 1 aromatic rings. The molecule has 3 rings (SSSR count). The highest BCUT2D eigenvalue weighted by Gasteiger charge is 2.24. The van der Waals surface area contributed by atoms with Gasteiger partial charge in [-0.1, -0.05) is 0 Å². The summed E-state index contributed by atoms with van der Waals surface area (Å²) in [4.78, 5) is 29.2. The molecule has 2 amide bonds. The first-order valence-corrected chi connectivity index (χ1v) is 9.31. The number of anilines is 1. The van der Waals surface area contributed by atoms with Gasteiger partial charge >= 0.3 is 0 Å². The highest BCUT2D eigenvalue weighted by molar-refractivity contribution is 6.45. The number of nitrogens with one attached hydrogen (secondary N) is 2. The molecule has 146 valence electrons. The molecule has 0 bridgehead atoms. The van der Waals surface area contributed by atoms with Crippen molar-refractivity contribution in [3.63, 3.8) is 0 Å². The largest absolute Gasteiger partial charge is 0.382 e. The Kier molecular flexibility index (Phi) is 5.89. The molecule has 4 N–H and O–H groups in total. The first kappa shape index (κ1) is 19.4. The van der Waals surface area contributed by atoms with Gasteiger partial charge in [-0.25, -0.2) is 0 Å². The quantitative estimate of drug-likeness (QED) is 0.402. The maximum atomic E-state index is 12.8. The normalized spacial score (nSPS) is 16.8. The van der Waals surface area contributed by atoms with E-state index in [1.165, 1.54) is 0 Å². The van der Waals surface area contributed by atoms with Gasteiger partial charge < -0.3 is 15.5 Å². The van der Waals surface area contributed by atoms with Crippen LogP contribution in [0, 0.1) is 16.7 Å². The molecule has 1 aromatic carbocycles. The molecular formula is C19H23N7O2. The lowest BCUT2D eigenvalue weighted by Crippen LogP contribution is -2.30. The third kappa shape index (κ3) is 4.28. The molecule has 9 heteroatoms. The lowest BCUT2D eigenvalue weighted by Gasteiger charge is -2.19. The lowest BCUT2D eigenvalue weighted by molar-refractivity contribution is 0.0791. The van der Waals surface area contributed by atoms with Gasteiger partial charge in [0.1, 0.15) is 6.07 Å². The number of nitriles is 1. The van der Waals surface area contributed by atoms with E-state index in [-0.39, 0.29) is 17.5 Å². The summed E-state index contributed by atoms with van der Waals surface area (Å²) in [6.45, 7) is 2.81. The first-order chi connectivity index (χ1) is 13.5. The number of amidine groups is 1. The zero-order valence-corrected chi connectivity index (χ0v) is 15.6. The molecule has 2 fully saturated rings. The molecule has 9 nitrogen and oxygen atoms in total. The van der Waals surface area contributed by atoms with Gasteiger partial charge in [-0.2, -0.15) is 10.4 Å². The molecule has 2 saturated heterocycles. The van der Waals surface area contributed by atoms with E-state index in [1.807, 2.05) is 0 Å². The number of hydrogen-bond donors (Lipinski definition) is 3. The Morgan fingerprint density at radius 2 is 1.46 bits per heavy atom. The summed E-state index contributed by atoms with van der Waals surface area (Å²) >= 11 is 0. The second-order valence-corrected chi connectivity index (χ2v) is 6.90. The van der Waals surface area contributed by atoms with Gasteiger partial charge in [0.05, 0.1) is 5.69 Å². The number of rotatable bonds is 5. The van der Waals surface area contributed by atoms with Crippen molar-refractivity contribution < 1.29 is 9.59 Å². The molecule has 2 heterocycles. The zero-order chi connectivity index (χ0) is 20.1. The highest BCUT2D eigenvalue weighted by Crippen LogP contribution is 2.22. The Labute approximate surface area is 163 Å². The van der Waals surface area contributed by atoms with E-state index in [2.05, 4.69) is 10.5 Å². The summed E-state index contributed by atoms with van der Waals surface area (Å²) < 4.78 is 0. The number of hydrazone groups is 1. The number of amides is 2. The Morgan fingerprint density at radius 3 is 1.86 bits per heavy atom. The molecule has 0 unspecified atom stereocenters. The van der Waals surface area contributed by atoms with Gasteiger partial charge in [-0.3, -0.25) is 20.4 Å². The topological polar surface area (TPSA) is 139 Å². The van der Waals surface area contributed by atoms with Gasteiger partial charge in [0.25, 0.3) is 11.8 Å². The monoisotopic (exact) mass is 381 g/mol. The average molecular weight is 381 g/mol. The zero-order valence-electron chi connectivity index (χ0n) is 15.6. The van der Waals surface area contributed by atoms with Crippen molar-refractivity contribution >= 4 is 29.0 Å². The van der Waals surface area contributed by atoms with Crippen molar-refractivity contribution in [2.45, 2.75) is 25.7 Å². The van der Waals surface area contributed by atoms with Crippen LogP contribution in [0.25, 0.3) is 0 Å². The van der Waals surface area contributed by atoms with Crippen LogP contribution in [0.3, 0.4) is 0 Å². The predicted molar refractivity (Wildman–Crippen MR) is 105 cm³/mol. The Hall–Kier alpha value is -3.41. The van der Waals surface area contributed by atoms with Crippen LogP contribution in [0.15, 0.2) is 23.3 Å². The van der Waals surface area contributed by atoms with E-state index in [4.69, 9.17) is 16.4 Å². The molecule has 2 aliphatic rings. The van der Waals surface area contributed by atoms with Crippen molar-refractivity contribution in [1.29, 1.82) is 10.7 Å². The van der Waals surface area contributed by atoms with E-state index in [9.17, 15) is 9.59 Å². The second-order valence-electron chi connectivity index (χ2n) is 6.90. The fourth-order valence-electron chi connectivity index (χ4n) is 3.41. The van der Waals surface area contributed by atoms with Crippen LogP contribution in [0.1, 0.15) is 46.4 Å². The van der Waals surface area contributed by atoms with Crippen molar-refractivity contribution in [3.8, 4) is 6.07 Å². The summed E-state index contributed by atoms with van der Waals surface area (Å²) in [5, 5.41) is 20.1. The third-order valence-electron chi connectivity index (χ3n) is 4.87. The van der Waals surface area contributed by atoms with E-state index in [0.717, 1.165) is 25.7 Å². The molecule has 0 radical (unpaired) electrons. The molecule has 0 aliphatic carbocycles. The number of benzene rings is 1. The molecule has 0 atom stereocenters. The smallest absolute Gasteiger partial charge is 0.253 e. The van der Waals surface area contributed by atoms with Gasteiger partial charge in [-0.05, 0) is 43.9 Å². The molecule has 0 spiro atoms. The summed E-state index contributed by atoms with van der Waals surface area (Å²) in [7, 11) is 0. The van der Waals surface area contributed by atoms with Crippen LogP contribution >= 0.6 is 0 Å². The van der Waals surface area contributed by atoms with Crippen LogP contribution in [0.4, 0.5) is 5.69 Å². The minimum absolute atomic E-state index is 0.132. The number of likely N-dealkylation sites (tertiary alicyclic amines) is 2. The number of hydrogen-bond acceptors (Lipinski definition) is 6.